The van der Waals surface area contributed by atoms with Crippen molar-refractivity contribution in [2.45, 2.75) is 18.9 Å². The van der Waals surface area contributed by atoms with E-state index >= 15 is 0 Å². The van der Waals surface area contributed by atoms with E-state index in [1.165, 1.54) is 6.42 Å². The maximum Gasteiger partial charge on any atom is 0.227 e. The van der Waals surface area contributed by atoms with E-state index in [2.05, 4.69) is 5.32 Å². The molecule has 0 saturated carbocycles. The molecule has 0 unspecified atom stereocenters. The first-order valence-corrected chi connectivity index (χ1v) is 6.38. The van der Waals surface area contributed by atoms with Crippen LogP contribution in [0.1, 0.15) is 12.0 Å². The second-order valence-electron chi connectivity index (χ2n) is 5.07. The number of hydrogen-bond donors (Lipinski definition) is 1. The summed E-state index contributed by atoms with van der Waals surface area (Å²) in [5.41, 5.74) is 1.11. The molecule has 1 N–H and O–H groups in total. The van der Waals surface area contributed by atoms with Gasteiger partial charge in [0.1, 0.15) is 0 Å². The molecule has 2 aliphatic rings. The molecule has 2 heterocycles. The standard InChI is InChI=1S/C14H18N2O/c17-14(8-11-4-2-1-3-5-11)16-9-12-6-7-15-13(12)10-16/h1-5,12-13,15H,6-10H2/t12-,13+/m0/s1. The molecule has 3 rings (SSSR count). The van der Waals surface area contributed by atoms with Gasteiger partial charge in [0.2, 0.25) is 5.91 Å². The molecule has 90 valence electrons. The molecule has 17 heavy (non-hydrogen) atoms. The molecule has 0 aliphatic carbocycles. The predicted molar refractivity (Wildman–Crippen MR) is 66.6 cm³/mol. The molecule has 3 heteroatoms. The van der Waals surface area contributed by atoms with Gasteiger partial charge >= 0.3 is 0 Å². The Morgan fingerprint density at radius 1 is 1.29 bits per heavy atom. The second-order valence-corrected chi connectivity index (χ2v) is 5.07. The average molecular weight is 230 g/mol. The largest absolute Gasteiger partial charge is 0.340 e. The van der Waals surface area contributed by atoms with Gasteiger partial charge in [0.15, 0.2) is 0 Å². The van der Waals surface area contributed by atoms with Crippen LogP contribution in [0.3, 0.4) is 0 Å². The van der Waals surface area contributed by atoms with Crippen molar-refractivity contribution in [3.05, 3.63) is 35.9 Å². The smallest absolute Gasteiger partial charge is 0.227 e. The highest BCUT2D eigenvalue weighted by Gasteiger charge is 2.37. The molecule has 2 aliphatic heterocycles. The number of carbonyl (C=O) groups excluding carboxylic acids is 1. The minimum Gasteiger partial charge on any atom is -0.340 e. The third-order valence-electron chi connectivity index (χ3n) is 3.91. The van der Waals surface area contributed by atoms with E-state index in [0.29, 0.717) is 18.4 Å². The summed E-state index contributed by atoms with van der Waals surface area (Å²) in [6, 6.07) is 10.6. The molecule has 2 saturated heterocycles. The van der Waals surface area contributed by atoms with Gasteiger partial charge in [-0.1, -0.05) is 30.3 Å². The van der Waals surface area contributed by atoms with Gasteiger partial charge in [0.25, 0.3) is 0 Å². The Labute approximate surface area is 102 Å². The quantitative estimate of drug-likeness (QED) is 0.823. The van der Waals surface area contributed by atoms with Crippen LogP contribution in [0.15, 0.2) is 30.3 Å². The zero-order valence-corrected chi connectivity index (χ0v) is 9.93. The van der Waals surface area contributed by atoms with Crippen molar-refractivity contribution in [1.29, 1.82) is 0 Å². The van der Waals surface area contributed by atoms with Gasteiger partial charge in [-0.05, 0) is 24.4 Å². The fourth-order valence-corrected chi connectivity index (χ4v) is 2.94. The lowest BCUT2D eigenvalue weighted by Crippen LogP contribution is -2.34. The second kappa shape index (κ2) is 4.49. The van der Waals surface area contributed by atoms with Crippen molar-refractivity contribution in [2.24, 2.45) is 5.92 Å². The van der Waals surface area contributed by atoms with E-state index in [1.54, 1.807) is 0 Å². The van der Waals surface area contributed by atoms with Crippen LogP contribution in [0, 0.1) is 5.92 Å². The summed E-state index contributed by atoms with van der Waals surface area (Å²) in [5, 5.41) is 3.47. The number of rotatable bonds is 2. The summed E-state index contributed by atoms with van der Waals surface area (Å²) < 4.78 is 0. The molecular formula is C14H18N2O. The van der Waals surface area contributed by atoms with Crippen LogP contribution in [0.2, 0.25) is 0 Å². The summed E-state index contributed by atoms with van der Waals surface area (Å²) in [4.78, 5) is 14.2. The Bertz CT molecular complexity index is 392. The first-order chi connectivity index (χ1) is 8.33. The molecule has 1 aromatic carbocycles. The van der Waals surface area contributed by atoms with Crippen LogP contribution < -0.4 is 5.32 Å². The molecule has 0 radical (unpaired) electrons. The Hall–Kier alpha value is -1.35. The van der Waals surface area contributed by atoms with E-state index < -0.39 is 0 Å². The number of nitrogens with zero attached hydrogens (tertiary/aromatic N) is 1. The lowest BCUT2D eigenvalue weighted by Gasteiger charge is -2.17. The lowest BCUT2D eigenvalue weighted by atomic mass is 10.1. The molecular weight excluding hydrogens is 212 g/mol. The van der Waals surface area contributed by atoms with Crippen molar-refractivity contribution in [3.63, 3.8) is 0 Å². The molecule has 2 fully saturated rings. The third kappa shape index (κ3) is 2.20. The summed E-state index contributed by atoms with van der Waals surface area (Å²) in [6.07, 6.45) is 1.76. The Morgan fingerprint density at radius 2 is 2.12 bits per heavy atom. The number of amides is 1. The Morgan fingerprint density at radius 3 is 2.88 bits per heavy atom. The van der Waals surface area contributed by atoms with Crippen molar-refractivity contribution in [3.8, 4) is 0 Å². The first-order valence-electron chi connectivity index (χ1n) is 6.38. The molecule has 0 aromatic heterocycles. The SMILES string of the molecule is O=C(Cc1ccccc1)N1C[C@@H]2CCN[C@@H]2C1. The Balaban J connectivity index is 1.61. The maximum absolute atomic E-state index is 12.1. The summed E-state index contributed by atoms with van der Waals surface area (Å²) in [5.74, 6) is 0.960. The predicted octanol–water partition coefficient (Wildman–Crippen LogP) is 1.05. The van der Waals surface area contributed by atoms with Gasteiger partial charge in [-0.3, -0.25) is 4.79 Å². The molecule has 0 spiro atoms. The number of benzene rings is 1. The average Bonchev–Trinajstić information content (AvgIpc) is 2.90. The number of fused-ring (bicyclic) bond motifs is 1. The number of likely N-dealkylation sites (tertiary alicyclic amines) is 1. The van der Waals surface area contributed by atoms with Crippen molar-refractivity contribution >= 4 is 5.91 Å². The molecule has 1 amide bonds. The van der Waals surface area contributed by atoms with E-state index in [4.69, 9.17) is 0 Å². The Kier molecular flexibility index (Phi) is 2.85. The maximum atomic E-state index is 12.1. The van der Waals surface area contributed by atoms with Gasteiger partial charge in [-0.25, -0.2) is 0 Å². The minimum absolute atomic E-state index is 0.271. The summed E-state index contributed by atoms with van der Waals surface area (Å²) in [7, 11) is 0. The van der Waals surface area contributed by atoms with Crippen LogP contribution in [0.5, 0.6) is 0 Å². The number of hydrogen-bond acceptors (Lipinski definition) is 2. The van der Waals surface area contributed by atoms with Crippen LogP contribution >= 0.6 is 0 Å². The topological polar surface area (TPSA) is 32.3 Å². The molecule has 0 bridgehead atoms. The molecule has 3 nitrogen and oxygen atoms in total. The summed E-state index contributed by atoms with van der Waals surface area (Å²) >= 11 is 0. The molecule has 1 aromatic rings. The van der Waals surface area contributed by atoms with Crippen LogP contribution in [0.4, 0.5) is 0 Å². The van der Waals surface area contributed by atoms with Crippen molar-refractivity contribution in [1.82, 2.24) is 10.2 Å². The van der Waals surface area contributed by atoms with Crippen molar-refractivity contribution in [2.75, 3.05) is 19.6 Å². The highest BCUT2D eigenvalue weighted by atomic mass is 16.2. The third-order valence-corrected chi connectivity index (χ3v) is 3.91. The van der Waals surface area contributed by atoms with Crippen LogP contribution in [-0.2, 0) is 11.2 Å². The number of carbonyl (C=O) groups is 1. The van der Waals surface area contributed by atoms with Gasteiger partial charge < -0.3 is 10.2 Å². The van der Waals surface area contributed by atoms with Gasteiger partial charge in [-0.2, -0.15) is 0 Å². The fraction of sp³-hybridized carbons (Fsp3) is 0.500. The van der Waals surface area contributed by atoms with Gasteiger partial charge in [0.05, 0.1) is 6.42 Å². The summed E-state index contributed by atoms with van der Waals surface area (Å²) in [6.45, 7) is 2.97. The first kappa shape index (κ1) is 10.8. The lowest BCUT2D eigenvalue weighted by molar-refractivity contribution is -0.129. The van der Waals surface area contributed by atoms with Crippen molar-refractivity contribution < 1.29 is 4.79 Å². The normalized spacial score (nSPS) is 27.2. The highest BCUT2D eigenvalue weighted by Crippen LogP contribution is 2.24. The monoisotopic (exact) mass is 230 g/mol. The van der Waals surface area contributed by atoms with Gasteiger partial charge in [0, 0.05) is 19.1 Å². The van der Waals surface area contributed by atoms with E-state index in [0.717, 1.165) is 25.2 Å². The van der Waals surface area contributed by atoms with E-state index in [-0.39, 0.29) is 5.91 Å². The number of nitrogens with one attached hydrogen (secondary N) is 1. The highest BCUT2D eigenvalue weighted by molar-refractivity contribution is 5.79. The van der Waals surface area contributed by atoms with E-state index in [1.807, 2.05) is 35.2 Å². The zero-order chi connectivity index (χ0) is 11.7. The fourth-order valence-electron chi connectivity index (χ4n) is 2.94. The van der Waals surface area contributed by atoms with Crippen LogP contribution in [0.25, 0.3) is 0 Å². The molecule has 2 atom stereocenters. The van der Waals surface area contributed by atoms with Crippen LogP contribution in [-0.4, -0.2) is 36.5 Å². The van der Waals surface area contributed by atoms with E-state index in [9.17, 15) is 4.79 Å². The minimum atomic E-state index is 0.271. The zero-order valence-electron chi connectivity index (χ0n) is 9.93. The van der Waals surface area contributed by atoms with Gasteiger partial charge in [-0.15, -0.1) is 0 Å².